The fourth-order valence-corrected chi connectivity index (χ4v) is 2.55. The number of hydrogen-bond acceptors (Lipinski definition) is 4. The molecule has 0 spiro atoms. The highest BCUT2D eigenvalue weighted by molar-refractivity contribution is 5.91. The number of para-hydroxylation sites is 1. The van der Waals surface area contributed by atoms with Crippen LogP contribution < -0.4 is 15.3 Å². The highest BCUT2D eigenvalue weighted by Gasteiger charge is 2.31. The Bertz CT molecular complexity index is 967. The lowest BCUT2D eigenvalue weighted by atomic mass is 10.2. The van der Waals surface area contributed by atoms with Crippen molar-refractivity contribution < 1.29 is 17.9 Å². The molecule has 0 N–H and O–H groups in total. The van der Waals surface area contributed by atoms with Crippen LogP contribution >= 0.6 is 0 Å². The Balaban J connectivity index is 2.34. The van der Waals surface area contributed by atoms with Crippen molar-refractivity contribution in [3.05, 3.63) is 59.0 Å². The van der Waals surface area contributed by atoms with Crippen molar-refractivity contribution in [3.8, 4) is 11.4 Å². The van der Waals surface area contributed by atoms with E-state index in [2.05, 4.69) is 9.72 Å². The number of rotatable bonds is 3. The molecule has 0 aliphatic carbocycles. The first kappa shape index (κ1) is 16.8. The van der Waals surface area contributed by atoms with E-state index in [1.54, 1.807) is 49.3 Å². The molecule has 0 saturated heterocycles. The topological polar surface area (TPSA) is 47.4 Å². The molecule has 0 amide bonds. The highest BCUT2D eigenvalue weighted by Crippen LogP contribution is 2.30. The first-order valence-electron chi connectivity index (χ1n) is 7.31. The minimum Gasteiger partial charge on any atom is -0.406 e. The summed E-state index contributed by atoms with van der Waals surface area (Å²) in [6.07, 6.45) is -4.82. The van der Waals surface area contributed by atoms with E-state index < -0.39 is 17.8 Å². The molecule has 0 unspecified atom stereocenters. The summed E-state index contributed by atoms with van der Waals surface area (Å²) in [4.78, 5) is 18.2. The number of nitrogens with zero attached hydrogens (tertiary/aromatic N) is 3. The second-order valence-corrected chi connectivity index (χ2v) is 5.51. The van der Waals surface area contributed by atoms with Crippen LogP contribution in [0.25, 0.3) is 16.6 Å². The van der Waals surface area contributed by atoms with Gasteiger partial charge in [0.15, 0.2) is 0 Å². The molecule has 8 heteroatoms. The van der Waals surface area contributed by atoms with Crippen LogP contribution in [0.5, 0.6) is 5.75 Å². The third-order valence-corrected chi connectivity index (χ3v) is 3.52. The maximum Gasteiger partial charge on any atom is 0.573 e. The third-order valence-electron chi connectivity index (χ3n) is 3.52. The molecular weight excluding hydrogens is 335 g/mol. The first-order valence-corrected chi connectivity index (χ1v) is 7.31. The van der Waals surface area contributed by atoms with Crippen molar-refractivity contribution in [2.75, 3.05) is 19.0 Å². The molecule has 5 nitrogen and oxygen atoms in total. The van der Waals surface area contributed by atoms with Gasteiger partial charge < -0.3 is 9.64 Å². The maximum atomic E-state index is 12.5. The summed E-state index contributed by atoms with van der Waals surface area (Å²) >= 11 is 0. The van der Waals surface area contributed by atoms with Gasteiger partial charge in [-0.1, -0.05) is 18.2 Å². The summed E-state index contributed by atoms with van der Waals surface area (Å²) in [6, 6.07) is 12.4. The van der Waals surface area contributed by atoms with E-state index in [1.807, 2.05) is 0 Å². The summed E-state index contributed by atoms with van der Waals surface area (Å²) in [6.45, 7) is 0. The van der Waals surface area contributed by atoms with E-state index in [9.17, 15) is 18.0 Å². The van der Waals surface area contributed by atoms with Crippen LogP contribution in [-0.4, -0.2) is 30.0 Å². The normalized spacial score (nSPS) is 11.6. The van der Waals surface area contributed by atoms with Gasteiger partial charge in [0.1, 0.15) is 11.6 Å². The number of alkyl halides is 3. The Hall–Kier alpha value is -3.03. The van der Waals surface area contributed by atoms with Gasteiger partial charge in [-0.2, -0.15) is 4.98 Å². The Morgan fingerprint density at radius 1 is 1.08 bits per heavy atom. The molecule has 2 aromatic carbocycles. The molecule has 3 rings (SSSR count). The number of aromatic nitrogens is 2. The number of ether oxygens (including phenoxy) is 1. The van der Waals surface area contributed by atoms with Crippen molar-refractivity contribution in [2.45, 2.75) is 6.36 Å². The SMILES string of the molecule is CN(C)c1nc(=O)n(-c2ccccc2)c2cc(OC(F)(F)F)ccc12. The van der Waals surface area contributed by atoms with E-state index in [-0.39, 0.29) is 5.52 Å². The standard InChI is InChI=1S/C17H14F3N3O2/c1-22(2)15-13-9-8-12(25-17(18,19)20)10-14(13)23(16(24)21-15)11-6-4-3-5-7-11/h3-10H,1-2H3. The highest BCUT2D eigenvalue weighted by atomic mass is 19.4. The van der Waals surface area contributed by atoms with Gasteiger partial charge in [-0.3, -0.25) is 4.57 Å². The van der Waals surface area contributed by atoms with Gasteiger partial charge in [0.25, 0.3) is 0 Å². The largest absolute Gasteiger partial charge is 0.573 e. The summed E-state index contributed by atoms with van der Waals surface area (Å²) in [5.41, 5.74) is 0.183. The van der Waals surface area contributed by atoms with E-state index in [0.717, 1.165) is 0 Å². The quantitative estimate of drug-likeness (QED) is 0.728. The van der Waals surface area contributed by atoms with Crippen LogP contribution in [0, 0.1) is 0 Å². The fraction of sp³-hybridized carbons (Fsp3) is 0.176. The first-order chi connectivity index (χ1) is 11.8. The van der Waals surface area contributed by atoms with E-state index >= 15 is 0 Å². The lowest BCUT2D eigenvalue weighted by Crippen LogP contribution is -2.26. The second kappa shape index (κ2) is 6.12. The molecule has 0 atom stereocenters. The van der Waals surface area contributed by atoms with Gasteiger partial charge in [-0.25, -0.2) is 4.79 Å². The zero-order chi connectivity index (χ0) is 18.2. The summed E-state index contributed by atoms with van der Waals surface area (Å²) in [5.74, 6) is -0.0364. The second-order valence-electron chi connectivity index (χ2n) is 5.51. The predicted octanol–water partition coefficient (Wildman–Crippen LogP) is 3.35. The molecule has 130 valence electrons. The molecule has 3 aromatic rings. The predicted molar refractivity (Wildman–Crippen MR) is 88.4 cm³/mol. The minimum atomic E-state index is -4.82. The van der Waals surface area contributed by atoms with Crippen molar-refractivity contribution in [1.29, 1.82) is 0 Å². The van der Waals surface area contributed by atoms with Gasteiger partial charge in [0.2, 0.25) is 0 Å². The Kier molecular flexibility index (Phi) is 4.12. The Morgan fingerprint density at radius 2 is 1.76 bits per heavy atom. The minimum absolute atomic E-state index is 0.275. The number of hydrogen-bond donors (Lipinski definition) is 0. The molecule has 0 aliphatic rings. The molecule has 0 aliphatic heterocycles. The number of anilines is 1. The summed E-state index contributed by atoms with van der Waals surface area (Å²) in [7, 11) is 3.41. The number of benzene rings is 2. The maximum absolute atomic E-state index is 12.5. The average molecular weight is 349 g/mol. The van der Waals surface area contributed by atoms with Crippen LogP contribution in [-0.2, 0) is 0 Å². The van der Waals surface area contributed by atoms with E-state index in [4.69, 9.17) is 0 Å². The van der Waals surface area contributed by atoms with Crippen LogP contribution in [0.15, 0.2) is 53.3 Å². The van der Waals surface area contributed by atoms with Crippen molar-refractivity contribution in [1.82, 2.24) is 9.55 Å². The lowest BCUT2D eigenvalue weighted by Gasteiger charge is -2.18. The molecule has 0 bridgehead atoms. The van der Waals surface area contributed by atoms with Crippen molar-refractivity contribution in [3.63, 3.8) is 0 Å². The molecule has 0 radical (unpaired) electrons. The van der Waals surface area contributed by atoms with Crippen molar-refractivity contribution in [2.24, 2.45) is 0 Å². The van der Waals surface area contributed by atoms with Crippen LogP contribution in [0.1, 0.15) is 0 Å². The van der Waals surface area contributed by atoms with E-state index in [0.29, 0.717) is 16.9 Å². The van der Waals surface area contributed by atoms with Gasteiger partial charge in [-0.15, -0.1) is 13.2 Å². The average Bonchev–Trinajstić information content (AvgIpc) is 2.53. The zero-order valence-corrected chi connectivity index (χ0v) is 13.4. The molecule has 1 heterocycles. The zero-order valence-electron chi connectivity index (χ0n) is 13.4. The summed E-state index contributed by atoms with van der Waals surface area (Å²) in [5, 5.41) is 0.531. The smallest absolute Gasteiger partial charge is 0.406 e. The van der Waals surface area contributed by atoms with Gasteiger partial charge >= 0.3 is 12.1 Å². The van der Waals surface area contributed by atoms with Gasteiger partial charge in [0.05, 0.1) is 11.2 Å². The number of halogens is 3. The fourth-order valence-electron chi connectivity index (χ4n) is 2.55. The van der Waals surface area contributed by atoms with Crippen LogP contribution in [0.2, 0.25) is 0 Å². The Labute approximate surface area is 140 Å². The molecule has 1 aromatic heterocycles. The van der Waals surface area contributed by atoms with Gasteiger partial charge in [-0.05, 0) is 24.3 Å². The summed E-state index contributed by atoms with van der Waals surface area (Å²) < 4.78 is 42.9. The third kappa shape index (κ3) is 3.42. The van der Waals surface area contributed by atoms with E-state index in [1.165, 1.54) is 22.8 Å². The van der Waals surface area contributed by atoms with Gasteiger partial charge in [0, 0.05) is 25.5 Å². The molecule has 0 saturated carbocycles. The Morgan fingerprint density at radius 3 is 2.36 bits per heavy atom. The monoisotopic (exact) mass is 349 g/mol. The molecule has 25 heavy (non-hydrogen) atoms. The lowest BCUT2D eigenvalue weighted by molar-refractivity contribution is -0.274. The number of fused-ring (bicyclic) bond motifs is 1. The van der Waals surface area contributed by atoms with Crippen LogP contribution in [0.4, 0.5) is 19.0 Å². The van der Waals surface area contributed by atoms with Crippen LogP contribution in [0.3, 0.4) is 0 Å². The molecular formula is C17H14F3N3O2. The molecule has 0 fully saturated rings. The van der Waals surface area contributed by atoms with Crippen molar-refractivity contribution >= 4 is 16.7 Å².